The van der Waals surface area contributed by atoms with Crippen LogP contribution in [-0.4, -0.2) is 24.5 Å². The highest BCUT2D eigenvalue weighted by molar-refractivity contribution is 9.10. The molecular weight excluding hydrogens is 390 g/mol. The number of rotatable bonds is 5. The number of hydrogen-bond donors (Lipinski definition) is 0. The molecular formula is C22H26BrNO2. The number of nitrogens with zero attached hydrogens (tertiary/aromatic N) is 1. The van der Waals surface area contributed by atoms with Gasteiger partial charge >= 0.3 is 0 Å². The van der Waals surface area contributed by atoms with Crippen LogP contribution < -0.4 is 4.74 Å². The molecule has 1 aliphatic heterocycles. The Hall–Kier alpha value is -1.81. The van der Waals surface area contributed by atoms with E-state index in [2.05, 4.69) is 52.9 Å². The van der Waals surface area contributed by atoms with Crippen molar-refractivity contribution >= 4 is 21.8 Å². The van der Waals surface area contributed by atoms with Gasteiger partial charge in [0.15, 0.2) is 0 Å². The molecule has 3 nitrogen and oxygen atoms in total. The SMILES string of the molecule is COc1ccc(CCC(=O)N2CCCC2c2ccc(C)c(C)c2)cc1Br. The van der Waals surface area contributed by atoms with Crippen LogP contribution >= 0.6 is 15.9 Å². The number of halogens is 1. The molecule has 138 valence electrons. The highest BCUT2D eigenvalue weighted by Gasteiger charge is 2.29. The summed E-state index contributed by atoms with van der Waals surface area (Å²) in [6.07, 6.45) is 3.43. The molecule has 1 fully saturated rings. The Labute approximate surface area is 164 Å². The molecule has 1 saturated heterocycles. The van der Waals surface area contributed by atoms with Crippen LogP contribution in [0.1, 0.15) is 47.6 Å². The number of carbonyl (C=O) groups excluding carboxylic acids is 1. The first-order valence-electron chi connectivity index (χ1n) is 9.18. The van der Waals surface area contributed by atoms with Crippen LogP contribution in [0.2, 0.25) is 0 Å². The van der Waals surface area contributed by atoms with Crippen molar-refractivity contribution in [1.29, 1.82) is 0 Å². The topological polar surface area (TPSA) is 29.5 Å². The molecule has 1 aliphatic rings. The molecule has 0 aliphatic carbocycles. The van der Waals surface area contributed by atoms with Gasteiger partial charge in [0, 0.05) is 13.0 Å². The summed E-state index contributed by atoms with van der Waals surface area (Å²) < 4.78 is 6.20. The fourth-order valence-corrected chi connectivity index (χ4v) is 4.23. The Morgan fingerprint density at radius 3 is 2.69 bits per heavy atom. The number of amides is 1. The van der Waals surface area contributed by atoms with E-state index in [1.54, 1.807) is 7.11 Å². The van der Waals surface area contributed by atoms with Gasteiger partial charge < -0.3 is 9.64 Å². The van der Waals surface area contributed by atoms with Crippen molar-refractivity contribution in [3.05, 3.63) is 63.1 Å². The van der Waals surface area contributed by atoms with Crippen molar-refractivity contribution in [2.24, 2.45) is 0 Å². The fraction of sp³-hybridized carbons (Fsp3) is 0.409. The lowest BCUT2D eigenvalue weighted by Crippen LogP contribution is -2.30. The summed E-state index contributed by atoms with van der Waals surface area (Å²) in [4.78, 5) is 14.9. The normalized spacial score (nSPS) is 16.8. The minimum atomic E-state index is 0.226. The molecule has 3 rings (SSSR count). The molecule has 0 radical (unpaired) electrons. The molecule has 26 heavy (non-hydrogen) atoms. The number of methoxy groups -OCH3 is 1. The predicted molar refractivity (Wildman–Crippen MR) is 109 cm³/mol. The van der Waals surface area contributed by atoms with Gasteiger partial charge in [0.1, 0.15) is 5.75 Å². The van der Waals surface area contributed by atoms with Crippen LogP contribution in [0.4, 0.5) is 0 Å². The third kappa shape index (κ3) is 4.12. The lowest BCUT2D eigenvalue weighted by molar-refractivity contribution is -0.132. The molecule has 0 spiro atoms. The van der Waals surface area contributed by atoms with E-state index in [1.807, 2.05) is 18.2 Å². The second-order valence-electron chi connectivity index (χ2n) is 7.06. The van der Waals surface area contributed by atoms with E-state index < -0.39 is 0 Å². The Kier molecular flexibility index (Phi) is 6.02. The predicted octanol–water partition coefficient (Wildman–Crippen LogP) is 5.37. The number of hydrogen-bond acceptors (Lipinski definition) is 2. The van der Waals surface area contributed by atoms with Gasteiger partial charge in [0.05, 0.1) is 17.6 Å². The second kappa shape index (κ2) is 8.26. The highest BCUT2D eigenvalue weighted by Crippen LogP contribution is 2.33. The van der Waals surface area contributed by atoms with Gasteiger partial charge in [0.25, 0.3) is 0 Å². The first-order valence-corrected chi connectivity index (χ1v) is 9.98. The number of aryl methyl sites for hydroxylation is 3. The second-order valence-corrected chi connectivity index (χ2v) is 7.91. The third-order valence-electron chi connectivity index (χ3n) is 5.33. The average molecular weight is 416 g/mol. The largest absolute Gasteiger partial charge is 0.496 e. The summed E-state index contributed by atoms with van der Waals surface area (Å²) in [5.74, 6) is 1.06. The Morgan fingerprint density at radius 2 is 2.00 bits per heavy atom. The van der Waals surface area contributed by atoms with Gasteiger partial charge in [-0.2, -0.15) is 0 Å². The van der Waals surface area contributed by atoms with Crippen LogP contribution in [0.15, 0.2) is 40.9 Å². The first-order chi connectivity index (χ1) is 12.5. The molecule has 1 heterocycles. The monoisotopic (exact) mass is 415 g/mol. The molecule has 4 heteroatoms. The van der Waals surface area contributed by atoms with E-state index >= 15 is 0 Å². The summed E-state index contributed by atoms with van der Waals surface area (Å²) in [6.45, 7) is 5.13. The Bertz CT molecular complexity index is 803. The van der Waals surface area contributed by atoms with Gasteiger partial charge in [-0.15, -0.1) is 0 Å². The molecule has 1 amide bonds. The van der Waals surface area contributed by atoms with E-state index in [0.29, 0.717) is 6.42 Å². The van der Waals surface area contributed by atoms with Crippen molar-refractivity contribution in [2.45, 2.75) is 45.6 Å². The van der Waals surface area contributed by atoms with Crippen molar-refractivity contribution in [3.8, 4) is 5.75 Å². The maximum atomic E-state index is 12.9. The van der Waals surface area contributed by atoms with Crippen molar-refractivity contribution < 1.29 is 9.53 Å². The van der Waals surface area contributed by atoms with Crippen LogP contribution in [-0.2, 0) is 11.2 Å². The molecule has 1 unspecified atom stereocenters. The van der Waals surface area contributed by atoms with Gasteiger partial charge in [-0.1, -0.05) is 24.3 Å². The van der Waals surface area contributed by atoms with Crippen molar-refractivity contribution in [3.63, 3.8) is 0 Å². The third-order valence-corrected chi connectivity index (χ3v) is 5.95. The first kappa shape index (κ1) is 19.0. The van der Waals surface area contributed by atoms with E-state index in [-0.39, 0.29) is 11.9 Å². The molecule has 0 bridgehead atoms. The summed E-state index contributed by atoms with van der Waals surface area (Å²) in [5, 5.41) is 0. The fourth-order valence-electron chi connectivity index (χ4n) is 3.64. The average Bonchev–Trinajstić information content (AvgIpc) is 3.12. The van der Waals surface area contributed by atoms with Gasteiger partial charge in [0.2, 0.25) is 5.91 Å². The number of carbonyl (C=O) groups is 1. The summed E-state index contributed by atoms with van der Waals surface area (Å²) in [6, 6.07) is 12.8. The van der Waals surface area contributed by atoms with Gasteiger partial charge in [-0.3, -0.25) is 4.79 Å². The molecule has 0 saturated carbocycles. The lowest BCUT2D eigenvalue weighted by atomic mass is 9.99. The summed E-state index contributed by atoms with van der Waals surface area (Å²) in [5.41, 5.74) is 5.01. The van der Waals surface area contributed by atoms with Crippen LogP contribution in [0, 0.1) is 13.8 Å². The minimum absolute atomic E-state index is 0.226. The molecule has 2 aromatic carbocycles. The number of likely N-dealkylation sites (tertiary alicyclic amines) is 1. The maximum absolute atomic E-state index is 12.9. The maximum Gasteiger partial charge on any atom is 0.223 e. The van der Waals surface area contributed by atoms with E-state index in [4.69, 9.17) is 4.74 Å². The van der Waals surface area contributed by atoms with E-state index in [0.717, 1.165) is 41.6 Å². The van der Waals surface area contributed by atoms with Crippen molar-refractivity contribution in [2.75, 3.05) is 13.7 Å². The van der Waals surface area contributed by atoms with E-state index in [9.17, 15) is 4.79 Å². The minimum Gasteiger partial charge on any atom is -0.496 e. The quantitative estimate of drug-likeness (QED) is 0.656. The molecule has 0 N–H and O–H groups in total. The van der Waals surface area contributed by atoms with Crippen LogP contribution in [0.25, 0.3) is 0 Å². The molecule has 0 aromatic heterocycles. The number of benzene rings is 2. The van der Waals surface area contributed by atoms with Crippen molar-refractivity contribution in [1.82, 2.24) is 4.90 Å². The standard InChI is InChI=1S/C22H26BrNO2/c1-15-6-9-18(13-16(15)2)20-5-4-12-24(20)22(25)11-8-17-7-10-21(26-3)19(23)14-17/h6-7,9-10,13-14,20H,4-5,8,11-12H2,1-3H3. The molecule has 1 atom stereocenters. The van der Waals surface area contributed by atoms with Gasteiger partial charge in [-0.05, 0) is 83.4 Å². The van der Waals surface area contributed by atoms with E-state index in [1.165, 1.54) is 16.7 Å². The summed E-state index contributed by atoms with van der Waals surface area (Å²) >= 11 is 3.51. The zero-order chi connectivity index (χ0) is 18.7. The number of ether oxygens (including phenoxy) is 1. The van der Waals surface area contributed by atoms with Crippen LogP contribution in [0.5, 0.6) is 5.75 Å². The Morgan fingerprint density at radius 1 is 1.19 bits per heavy atom. The smallest absolute Gasteiger partial charge is 0.223 e. The summed E-state index contributed by atoms with van der Waals surface area (Å²) in [7, 11) is 1.66. The molecule has 2 aromatic rings. The van der Waals surface area contributed by atoms with Gasteiger partial charge in [-0.25, -0.2) is 0 Å². The zero-order valence-electron chi connectivity index (χ0n) is 15.7. The zero-order valence-corrected chi connectivity index (χ0v) is 17.3. The Balaban J connectivity index is 1.66. The highest BCUT2D eigenvalue weighted by atomic mass is 79.9. The van der Waals surface area contributed by atoms with Crippen LogP contribution in [0.3, 0.4) is 0 Å². The lowest BCUT2D eigenvalue weighted by Gasteiger charge is -2.26.